The van der Waals surface area contributed by atoms with Crippen LogP contribution in [0.3, 0.4) is 0 Å². The number of aromatic nitrogens is 4. The molecule has 2 N–H and O–H groups in total. The van der Waals surface area contributed by atoms with Gasteiger partial charge >= 0.3 is 6.03 Å². The monoisotopic (exact) mass is 429 g/mol. The van der Waals surface area contributed by atoms with Crippen molar-refractivity contribution in [3.8, 4) is 0 Å². The quantitative estimate of drug-likeness (QED) is 0.338. The highest BCUT2D eigenvalue weighted by Crippen LogP contribution is 2.30. The molecular formula is C14H21N8O6S-. The van der Waals surface area contributed by atoms with Crippen LogP contribution >= 0.6 is 0 Å². The molecule has 0 saturated carbocycles. The zero-order valence-electron chi connectivity index (χ0n) is 15.4. The van der Waals surface area contributed by atoms with Crippen LogP contribution in [0.4, 0.5) is 4.79 Å². The summed E-state index contributed by atoms with van der Waals surface area (Å²) in [6.07, 6.45) is 3.08. The molecule has 3 amide bonds. The van der Waals surface area contributed by atoms with Gasteiger partial charge in [-0.2, -0.15) is 14.1 Å². The first kappa shape index (κ1) is 20.1. The maximum Gasteiger partial charge on any atom is 0.346 e. The first-order valence-electron chi connectivity index (χ1n) is 9.24. The molecule has 3 fully saturated rings. The van der Waals surface area contributed by atoms with Crippen molar-refractivity contribution in [1.82, 2.24) is 41.0 Å². The fourth-order valence-electron chi connectivity index (χ4n) is 4.02. The Balaban J connectivity index is 1.20. The second-order valence-electron chi connectivity index (χ2n) is 7.26. The van der Waals surface area contributed by atoms with Crippen molar-refractivity contribution in [2.45, 2.75) is 43.9 Å². The topological polar surface area (TPSA) is 167 Å². The second kappa shape index (κ2) is 8.66. The molecule has 1 aromatic heterocycles. The molecule has 3 aliphatic heterocycles. The van der Waals surface area contributed by atoms with E-state index in [1.54, 1.807) is 0 Å². The number of hydrogen-bond acceptors (Lipinski definition) is 10. The van der Waals surface area contributed by atoms with Gasteiger partial charge in [-0.3, -0.25) is 9.63 Å². The lowest BCUT2D eigenvalue weighted by Gasteiger charge is -2.29. The molecule has 29 heavy (non-hydrogen) atoms. The maximum absolute atomic E-state index is 12.5. The molecule has 3 aliphatic rings. The van der Waals surface area contributed by atoms with Crippen LogP contribution in [0.5, 0.6) is 0 Å². The standard InChI is InChI=1S/C14H22N8O6S/c23-13(12-2-1-11-6-20(12)14(24)22(11)28-29(25)26)18-27-7-10-3-9(4-15-10)5-21-17-8-16-19-21/h8-12,15H,1-7H2,(H,18,23)(H,25,26)/p-1/t9-,10+,11?,12?/m0/s1. The lowest BCUT2D eigenvalue weighted by molar-refractivity contribution is -0.139. The minimum Gasteiger partial charge on any atom is -0.748 e. The molecule has 15 heteroatoms. The van der Waals surface area contributed by atoms with Crippen LogP contribution in [0, 0.1) is 5.92 Å². The maximum atomic E-state index is 12.5. The number of carbonyl (C=O) groups excluding carboxylic acids is 2. The van der Waals surface area contributed by atoms with Gasteiger partial charge in [0.05, 0.1) is 19.2 Å². The summed E-state index contributed by atoms with van der Waals surface area (Å²) in [6.45, 7) is 1.95. The summed E-state index contributed by atoms with van der Waals surface area (Å²) in [5, 5.41) is 15.6. The van der Waals surface area contributed by atoms with Gasteiger partial charge in [-0.1, -0.05) is 0 Å². The summed E-state index contributed by atoms with van der Waals surface area (Å²) in [4.78, 5) is 32.9. The van der Waals surface area contributed by atoms with Gasteiger partial charge < -0.3 is 14.8 Å². The van der Waals surface area contributed by atoms with Gasteiger partial charge in [-0.05, 0) is 30.4 Å². The lowest BCUT2D eigenvalue weighted by atomic mass is 10.0. The summed E-state index contributed by atoms with van der Waals surface area (Å²) in [5.41, 5.74) is 2.40. The van der Waals surface area contributed by atoms with E-state index in [9.17, 15) is 18.4 Å². The zero-order valence-corrected chi connectivity index (χ0v) is 16.2. The number of nitrogens with zero attached hydrogens (tertiary/aromatic N) is 6. The number of hydrogen-bond donors (Lipinski definition) is 2. The van der Waals surface area contributed by atoms with Crippen LogP contribution in [-0.2, 0) is 31.8 Å². The highest BCUT2D eigenvalue weighted by molar-refractivity contribution is 7.74. The Morgan fingerprint density at radius 3 is 3.07 bits per heavy atom. The third-order valence-corrected chi connectivity index (χ3v) is 5.63. The minimum atomic E-state index is -2.84. The molecule has 3 saturated heterocycles. The predicted octanol–water partition coefficient (Wildman–Crippen LogP) is -2.31. The Morgan fingerprint density at radius 1 is 1.45 bits per heavy atom. The largest absolute Gasteiger partial charge is 0.748 e. The van der Waals surface area contributed by atoms with Gasteiger partial charge in [-0.25, -0.2) is 14.5 Å². The van der Waals surface area contributed by atoms with Gasteiger partial charge in [0.25, 0.3) is 5.91 Å². The van der Waals surface area contributed by atoms with Crippen LogP contribution in [0.15, 0.2) is 6.33 Å². The van der Waals surface area contributed by atoms with Crippen molar-refractivity contribution in [3.05, 3.63) is 6.33 Å². The molecule has 0 radical (unpaired) electrons. The molecule has 3 unspecified atom stereocenters. The number of urea groups is 1. The van der Waals surface area contributed by atoms with E-state index >= 15 is 0 Å². The van der Waals surface area contributed by atoms with Gasteiger partial charge in [0.15, 0.2) is 6.33 Å². The van der Waals surface area contributed by atoms with Gasteiger partial charge in [0.1, 0.15) is 17.4 Å². The van der Waals surface area contributed by atoms with Crippen molar-refractivity contribution < 1.29 is 27.5 Å². The van der Waals surface area contributed by atoms with Crippen LogP contribution in [0.25, 0.3) is 0 Å². The van der Waals surface area contributed by atoms with Gasteiger partial charge in [-0.15, -0.1) is 10.2 Å². The molecule has 160 valence electrons. The molecule has 0 aliphatic carbocycles. The van der Waals surface area contributed by atoms with E-state index < -0.39 is 29.3 Å². The SMILES string of the molecule is O=C(NOC[C@H]1C[C@H](Cn2ncnn2)CN1)C1CCC2CN1C(=O)N2OS(=O)[O-]. The molecule has 5 atom stereocenters. The van der Waals surface area contributed by atoms with E-state index in [0.717, 1.165) is 18.0 Å². The van der Waals surface area contributed by atoms with Crippen molar-refractivity contribution in [2.75, 3.05) is 19.7 Å². The minimum absolute atomic E-state index is 0.0731. The molecule has 2 bridgehead atoms. The third kappa shape index (κ3) is 4.53. The number of nitrogens with one attached hydrogen (secondary N) is 2. The van der Waals surface area contributed by atoms with E-state index in [4.69, 9.17) is 4.84 Å². The van der Waals surface area contributed by atoms with Gasteiger partial charge in [0.2, 0.25) is 0 Å². The Kier molecular flexibility index (Phi) is 6.00. The highest BCUT2D eigenvalue weighted by Gasteiger charge is 2.48. The smallest absolute Gasteiger partial charge is 0.346 e. The molecule has 4 heterocycles. The fraction of sp³-hybridized carbons (Fsp3) is 0.786. The summed E-state index contributed by atoms with van der Waals surface area (Å²) in [7, 11) is 0. The van der Waals surface area contributed by atoms with E-state index in [0.29, 0.717) is 25.3 Å². The Labute approximate surface area is 168 Å². The molecule has 0 spiro atoms. The van der Waals surface area contributed by atoms with E-state index in [1.165, 1.54) is 16.0 Å². The van der Waals surface area contributed by atoms with Crippen LogP contribution in [0.1, 0.15) is 19.3 Å². The fourth-order valence-corrected chi connectivity index (χ4v) is 4.34. The van der Waals surface area contributed by atoms with E-state index in [1.807, 2.05) is 0 Å². The van der Waals surface area contributed by atoms with E-state index in [-0.39, 0.29) is 25.2 Å². The summed E-state index contributed by atoms with van der Waals surface area (Å²) in [5.74, 6) is -0.105. The Bertz CT molecular complexity index is 765. The number of hydroxylamine groups is 3. The lowest BCUT2D eigenvalue weighted by Crippen LogP contribution is -2.50. The number of amides is 3. The normalized spacial score (nSPS) is 30.0. The van der Waals surface area contributed by atoms with Crippen LogP contribution < -0.4 is 10.8 Å². The summed E-state index contributed by atoms with van der Waals surface area (Å²) >= 11 is -2.84. The number of rotatable bonds is 8. The highest BCUT2D eigenvalue weighted by atomic mass is 32.2. The van der Waals surface area contributed by atoms with Crippen molar-refractivity contribution >= 4 is 23.3 Å². The number of piperidine rings is 1. The first-order chi connectivity index (χ1) is 14.0. The van der Waals surface area contributed by atoms with Crippen molar-refractivity contribution in [3.63, 3.8) is 0 Å². The van der Waals surface area contributed by atoms with Crippen molar-refractivity contribution in [2.24, 2.45) is 5.92 Å². The van der Waals surface area contributed by atoms with Gasteiger partial charge in [0, 0.05) is 19.1 Å². The number of tetrazole rings is 1. The van der Waals surface area contributed by atoms with Crippen LogP contribution in [0.2, 0.25) is 0 Å². The van der Waals surface area contributed by atoms with Crippen molar-refractivity contribution in [1.29, 1.82) is 0 Å². The Morgan fingerprint density at radius 2 is 2.31 bits per heavy atom. The zero-order chi connectivity index (χ0) is 20.4. The molecule has 1 aromatic rings. The molecular weight excluding hydrogens is 408 g/mol. The second-order valence-corrected chi connectivity index (χ2v) is 7.82. The van der Waals surface area contributed by atoms with Crippen LogP contribution in [-0.4, -0.2) is 88.7 Å². The predicted molar refractivity (Wildman–Crippen MR) is 92.6 cm³/mol. The molecule has 14 nitrogen and oxygen atoms in total. The van der Waals surface area contributed by atoms with E-state index in [2.05, 4.69) is 30.5 Å². The number of fused-ring (bicyclic) bond motifs is 2. The summed E-state index contributed by atoms with van der Waals surface area (Å²) < 4.78 is 26.0. The number of carbonyl (C=O) groups is 2. The molecule has 4 rings (SSSR count). The third-order valence-electron chi connectivity index (χ3n) is 5.35. The average Bonchev–Trinajstić information content (AvgIpc) is 3.41. The molecule has 0 aromatic carbocycles. The Hall–Kier alpha value is -2.20. The summed E-state index contributed by atoms with van der Waals surface area (Å²) in [6, 6.07) is -1.68. The average molecular weight is 429 g/mol. The first-order valence-corrected chi connectivity index (χ1v) is 10.2.